The van der Waals surface area contributed by atoms with Crippen molar-refractivity contribution in [2.24, 2.45) is 5.92 Å². The van der Waals surface area contributed by atoms with Gasteiger partial charge in [-0.3, -0.25) is 0 Å². The highest BCUT2D eigenvalue weighted by Crippen LogP contribution is 2.40. The topological polar surface area (TPSA) is 35.5 Å². The highest BCUT2D eigenvalue weighted by Gasteiger charge is 2.45. The fourth-order valence-corrected chi connectivity index (χ4v) is 3.83. The summed E-state index contributed by atoms with van der Waals surface area (Å²) in [6.45, 7) is 4.39. The first kappa shape index (κ1) is 15.3. The molecule has 2 rings (SSSR count). The van der Waals surface area contributed by atoms with E-state index in [0.29, 0.717) is 5.92 Å². The zero-order valence-corrected chi connectivity index (χ0v) is 12.8. The van der Waals surface area contributed by atoms with Crippen LogP contribution in [0.3, 0.4) is 0 Å². The first-order chi connectivity index (χ1) is 9.22. The summed E-state index contributed by atoms with van der Waals surface area (Å²) in [5, 5.41) is 13.5. The molecule has 0 aliphatic heterocycles. The molecule has 0 amide bonds. The van der Waals surface area contributed by atoms with Crippen LogP contribution in [-0.4, -0.2) is 48.3 Å². The number of hydrogen-bond acceptors (Lipinski definition) is 3. The second-order valence-electron chi connectivity index (χ2n) is 6.68. The number of aliphatic hydroxyl groups is 1. The summed E-state index contributed by atoms with van der Waals surface area (Å²) in [6.07, 6.45) is 10.8. The predicted molar refractivity (Wildman–Crippen MR) is 80.3 cm³/mol. The number of nitrogens with one attached hydrogen (secondary N) is 1. The van der Waals surface area contributed by atoms with Gasteiger partial charge in [0.2, 0.25) is 0 Å². The Morgan fingerprint density at radius 3 is 2.21 bits per heavy atom. The van der Waals surface area contributed by atoms with Crippen molar-refractivity contribution in [3.05, 3.63) is 0 Å². The van der Waals surface area contributed by atoms with E-state index in [0.717, 1.165) is 19.1 Å². The molecule has 2 aliphatic rings. The minimum absolute atomic E-state index is 0.0458. The fourth-order valence-electron chi connectivity index (χ4n) is 3.83. The Kier molecular flexibility index (Phi) is 5.67. The summed E-state index contributed by atoms with van der Waals surface area (Å²) < 4.78 is 0. The van der Waals surface area contributed by atoms with E-state index in [-0.39, 0.29) is 12.1 Å². The molecule has 0 aromatic rings. The molecule has 0 bridgehead atoms. The van der Waals surface area contributed by atoms with Crippen molar-refractivity contribution in [2.75, 3.05) is 26.7 Å². The number of likely N-dealkylation sites (N-methyl/N-ethyl adjacent to an activating group) is 2. The van der Waals surface area contributed by atoms with Crippen LogP contribution in [0, 0.1) is 5.92 Å². The zero-order valence-electron chi connectivity index (χ0n) is 12.8. The standard InChI is InChI=1S/C16H32N2O/c1-3-17-16(13-19,14-10-11-14)12-18(2)15-8-6-4-5-7-9-15/h14-15,17,19H,3-13H2,1-2H3. The van der Waals surface area contributed by atoms with Crippen LogP contribution in [-0.2, 0) is 0 Å². The van der Waals surface area contributed by atoms with Gasteiger partial charge in [0.05, 0.1) is 12.1 Å². The van der Waals surface area contributed by atoms with Crippen LogP contribution in [0.2, 0.25) is 0 Å². The molecule has 0 aromatic heterocycles. The van der Waals surface area contributed by atoms with Crippen LogP contribution in [0.4, 0.5) is 0 Å². The lowest BCUT2D eigenvalue weighted by molar-refractivity contribution is 0.0811. The van der Waals surface area contributed by atoms with Gasteiger partial charge in [-0.2, -0.15) is 0 Å². The average molecular weight is 268 g/mol. The van der Waals surface area contributed by atoms with Gasteiger partial charge in [-0.25, -0.2) is 0 Å². The summed E-state index contributed by atoms with van der Waals surface area (Å²) in [5.74, 6) is 0.686. The second-order valence-corrected chi connectivity index (χ2v) is 6.68. The maximum Gasteiger partial charge on any atom is 0.0628 e. The smallest absolute Gasteiger partial charge is 0.0628 e. The highest BCUT2D eigenvalue weighted by molar-refractivity contribution is 5.03. The normalized spacial score (nSPS) is 25.3. The lowest BCUT2D eigenvalue weighted by atomic mass is 9.92. The van der Waals surface area contributed by atoms with Gasteiger partial charge in [-0.05, 0) is 45.2 Å². The lowest BCUT2D eigenvalue weighted by Gasteiger charge is -2.40. The average Bonchev–Trinajstić information content (AvgIpc) is 3.24. The Balaban J connectivity index is 1.94. The third kappa shape index (κ3) is 3.93. The Morgan fingerprint density at radius 2 is 1.74 bits per heavy atom. The van der Waals surface area contributed by atoms with Crippen molar-refractivity contribution in [1.29, 1.82) is 0 Å². The molecule has 3 nitrogen and oxygen atoms in total. The van der Waals surface area contributed by atoms with Crippen LogP contribution in [0.15, 0.2) is 0 Å². The van der Waals surface area contributed by atoms with Gasteiger partial charge < -0.3 is 15.3 Å². The molecule has 0 spiro atoms. The van der Waals surface area contributed by atoms with E-state index >= 15 is 0 Å². The maximum atomic E-state index is 9.93. The Morgan fingerprint density at radius 1 is 1.11 bits per heavy atom. The molecule has 2 aliphatic carbocycles. The van der Waals surface area contributed by atoms with E-state index in [1.165, 1.54) is 51.4 Å². The maximum absolute atomic E-state index is 9.93. The summed E-state index contributed by atoms with van der Waals surface area (Å²) in [6, 6.07) is 0.728. The van der Waals surface area contributed by atoms with E-state index in [4.69, 9.17) is 0 Å². The SMILES string of the molecule is CCNC(CO)(CN(C)C1CCCCCC1)C1CC1. The van der Waals surface area contributed by atoms with E-state index in [2.05, 4.69) is 24.2 Å². The molecule has 0 heterocycles. The first-order valence-corrected chi connectivity index (χ1v) is 8.28. The second kappa shape index (κ2) is 7.05. The molecule has 0 saturated heterocycles. The Labute approximate surface area is 118 Å². The molecule has 2 saturated carbocycles. The molecule has 1 atom stereocenters. The molecule has 19 heavy (non-hydrogen) atoms. The van der Waals surface area contributed by atoms with Crippen LogP contribution < -0.4 is 5.32 Å². The third-order valence-electron chi connectivity index (χ3n) is 5.15. The monoisotopic (exact) mass is 268 g/mol. The minimum Gasteiger partial charge on any atom is -0.394 e. The highest BCUT2D eigenvalue weighted by atomic mass is 16.3. The van der Waals surface area contributed by atoms with Crippen LogP contribution in [0.1, 0.15) is 58.3 Å². The van der Waals surface area contributed by atoms with Gasteiger partial charge in [0, 0.05) is 12.6 Å². The van der Waals surface area contributed by atoms with E-state index in [1.807, 2.05) is 0 Å². The van der Waals surface area contributed by atoms with Gasteiger partial charge >= 0.3 is 0 Å². The number of hydrogen-bond donors (Lipinski definition) is 2. The summed E-state index contributed by atoms with van der Waals surface area (Å²) in [4.78, 5) is 2.53. The van der Waals surface area contributed by atoms with Gasteiger partial charge in [-0.1, -0.05) is 32.6 Å². The molecule has 0 aromatic carbocycles. The van der Waals surface area contributed by atoms with Crippen molar-refractivity contribution >= 4 is 0 Å². The Hall–Kier alpha value is -0.120. The van der Waals surface area contributed by atoms with E-state index < -0.39 is 0 Å². The largest absolute Gasteiger partial charge is 0.394 e. The third-order valence-corrected chi connectivity index (χ3v) is 5.15. The molecule has 2 N–H and O–H groups in total. The van der Waals surface area contributed by atoms with Gasteiger partial charge in [0.25, 0.3) is 0 Å². The van der Waals surface area contributed by atoms with Crippen molar-refractivity contribution in [2.45, 2.75) is 69.9 Å². The van der Waals surface area contributed by atoms with Gasteiger partial charge in [0.1, 0.15) is 0 Å². The molecular formula is C16H32N2O. The molecular weight excluding hydrogens is 236 g/mol. The van der Waals surface area contributed by atoms with E-state index in [9.17, 15) is 5.11 Å². The van der Waals surface area contributed by atoms with Gasteiger partial charge in [0.15, 0.2) is 0 Å². The van der Waals surface area contributed by atoms with Crippen LogP contribution in [0.5, 0.6) is 0 Å². The van der Waals surface area contributed by atoms with E-state index in [1.54, 1.807) is 0 Å². The molecule has 3 heteroatoms. The molecule has 0 radical (unpaired) electrons. The summed E-state index contributed by atoms with van der Waals surface area (Å²) in [5.41, 5.74) is -0.0458. The van der Waals surface area contributed by atoms with Crippen LogP contribution >= 0.6 is 0 Å². The number of aliphatic hydroxyl groups excluding tert-OH is 1. The molecule has 1 unspecified atom stereocenters. The number of rotatable bonds is 7. The van der Waals surface area contributed by atoms with Crippen molar-refractivity contribution in [3.8, 4) is 0 Å². The van der Waals surface area contributed by atoms with Gasteiger partial charge in [-0.15, -0.1) is 0 Å². The first-order valence-electron chi connectivity index (χ1n) is 8.28. The lowest BCUT2D eigenvalue weighted by Crippen LogP contribution is -2.58. The molecule has 112 valence electrons. The van der Waals surface area contributed by atoms with Crippen molar-refractivity contribution in [3.63, 3.8) is 0 Å². The zero-order chi connectivity index (χ0) is 13.7. The quantitative estimate of drug-likeness (QED) is 0.696. The predicted octanol–water partition coefficient (Wildman–Crippen LogP) is 2.39. The van der Waals surface area contributed by atoms with Crippen molar-refractivity contribution < 1.29 is 5.11 Å². The number of nitrogens with zero attached hydrogens (tertiary/aromatic N) is 1. The summed E-state index contributed by atoms with van der Waals surface area (Å²) in [7, 11) is 2.26. The Bertz CT molecular complexity index is 259. The minimum atomic E-state index is -0.0458. The van der Waals surface area contributed by atoms with Crippen LogP contribution in [0.25, 0.3) is 0 Å². The summed E-state index contributed by atoms with van der Waals surface area (Å²) >= 11 is 0. The van der Waals surface area contributed by atoms with Crippen molar-refractivity contribution in [1.82, 2.24) is 10.2 Å². The fraction of sp³-hybridized carbons (Fsp3) is 1.00. The molecule has 2 fully saturated rings.